The van der Waals surface area contributed by atoms with E-state index in [0.717, 1.165) is 0 Å². The molecule has 9 heteroatoms. The third-order valence-electron chi connectivity index (χ3n) is 5.06. The number of anilines is 1. The number of para-hydroxylation sites is 2. The molecule has 2 aromatic carbocycles. The quantitative estimate of drug-likeness (QED) is 0.598. The highest BCUT2D eigenvalue weighted by Gasteiger charge is 2.26. The minimum absolute atomic E-state index is 0.230. The van der Waals surface area contributed by atoms with Gasteiger partial charge in [-0.1, -0.05) is 23.7 Å². The average molecular weight is 445 g/mol. The maximum Gasteiger partial charge on any atom is 0.322 e. The van der Waals surface area contributed by atoms with E-state index in [9.17, 15) is 9.59 Å². The van der Waals surface area contributed by atoms with E-state index in [1.807, 2.05) is 13.0 Å². The van der Waals surface area contributed by atoms with Crippen molar-refractivity contribution in [2.45, 2.75) is 13.0 Å². The van der Waals surface area contributed by atoms with Crippen molar-refractivity contribution < 1.29 is 14.3 Å². The van der Waals surface area contributed by atoms with Gasteiger partial charge in [0.15, 0.2) is 0 Å². The molecule has 0 saturated heterocycles. The number of aromatic nitrogens is 2. The fourth-order valence-corrected chi connectivity index (χ4v) is 3.54. The van der Waals surface area contributed by atoms with Gasteiger partial charge in [0.2, 0.25) is 0 Å². The molecule has 2 amide bonds. The Labute approximate surface area is 185 Å². The predicted octanol–water partition coefficient (Wildman–Crippen LogP) is 3.84. The van der Waals surface area contributed by atoms with Gasteiger partial charge in [0.05, 0.1) is 36.3 Å². The lowest BCUT2D eigenvalue weighted by Crippen LogP contribution is -2.41. The van der Waals surface area contributed by atoms with E-state index in [2.05, 4.69) is 10.3 Å². The first-order valence-electron chi connectivity index (χ1n) is 9.73. The van der Waals surface area contributed by atoms with E-state index in [4.69, 9.17) is 21.1 Å². The molecule has 1 heterocycles. The van der Waals surface area contributed by atoms with Crippen LogP contribution in [-0.2, 0) is 11.8 Å². The summed E-state index contributed by atoms with van der Waals surface area (Å²) in [6.45, 7) is 2.44. The lowest BCUT2D eigenvalue weighted by atomic mass is 10.2. The number of hydrogen-bond acceptors (Lipinski definition) is 5. The molecule has 1 atom stereocenters. The van der Waals surface area contributed by atoms with E-state index < -0.39 is 6.04 Å². The highest BCUT2D eigenvalue weighted by atomic mass is 35.5. The summed E-state index contributed by atoms with van der Waals surface area (Å²) in [6, 6.07) is 11.2. The van der Waals surface area contributed by atoms with E-state index >= 15 is 0 Å². The molecule has 31 heavy (non-hydrogen) atoms. The molecular weight excluding hydrogens is 420 g/mol. The number of hydrogen-bond donors (Lipinski definition) is 1. The predicted molar refractivity (Wildman–Crippen MR) is 121 cm³/mol. The molecule has 1 N–H and O–H groups in total. The maximum absolute atomic E-state index is 13.2. The lowest BCUT2D eigenvalue weighted by Gasteiger charge is -2.30. The van der Waals surface area contributed by atoms with E-state index in [0.29, 0.717) is 46.3 Å². The Balaban J connectivity index is 1.98. The second kappa shape index (κ2) is 9.80. The topological polar surface area (TPSA) is 85.7 Å². The summed E-state index contributed by atoms with van der Waals surface area (Å²) in [5.41, 5.74) is 0.831. The number of carbonyl (C=O) groups is 1. The smallest absolute Gasteiger partial charge is 0.322 e. The monoisotopic (exact) mass is 444 g/mol. The second-order valence-corrected chi connectivity index (χ2v) is 7.42. The number of urea groups is 1. The van der Waals surface area contributed by atoms with E-state index in [-0.39, 0.29) is 11.6 Å². The number of halogens is 1. The SMILES string of the molecule is COCCN(C(=O)Nc1ccccc1OC)C(C)c1nc2ccc(Cl)cc2c(=O)n1C. The van der Waals surface area contributed by atoms with Crippen molar-refractivity contribution >= 4 is 34.2 Å². The summed E-state index contributed by atoms with van der Waals surface area (Å²) in [5.74, 6) is 0.995. The molecule has 1 aromatic heterocycles. The maximum atomic E-state index is 13.2. The number of ether oxygens (including phenoxy) is 2. The normalized spacial score (nSPS) is 11.9. The van der Waals surface area contributed by atoms with Crippen LogP contribution in [0.15, 0.2) is 47.3 Å². The minimum atomic E-state index is -0.511. The van der Waals surface area contributed by atoms with Crippen LogP contribution in [0, 0.1) is 0 Å². The first-order chi connectivity index (χ1) is 14.9. The van der Waals surface area contributed by atoms with Gasteiger partial charge in [0.1, 0.15) is 11.6 Å². The second-order valence-electron chi connectivity index (χ2n) is 6.99. The van der Waals surface area contributed by atoms with Gasteiger partial charge < -0.3 is 19.7 Å². The first kappa shape index (κ1) is 22.6. The average Bonchev–Trinajstić information content (AvgIpc) is 2.77. The minimum Gasteiger partial charge on any atom is -0.495 e. The molecule has 0 bridgehead atoms. The third kappa shape index (κ3) is 4.81. The van der Waals surface area contributed by atoms with Crippen molar-refractivity contribution in [2.24, 2.45) is 7.05 Å². The van der Waals surface area contributed by atoms with Crippen LogP contribution in [0.3, 0.4) is 0 Å². The summed E-state index contributed by atoms with van der Waals surface area (Å²) in [5, 5.41) is 3.76. The van der Waals surface area contributed by atoms with Crippen LogP contribution in [0.5, 0.6) is 5.75 Å². The highest BCUT2D eigenvalue weighted by Crippen LogP contribution is 2.26. The molecule has 0 saturated carbocycles. The zero-order chi connectivity index (χ0) is 22.5. The Hall–Kier alpha value is -3.10. The van der Waals surface area contributed by atoms with E-state index in [1.165, 1.54) is 11.7 Å². The zero-order valence-corrected chi connectivity index (χ0v) is 18.6. The van der Waals surface area contributed by atoms with Gasteiger partial charge in [0.25, 0.3) is 5.56 Å². The van der Waals surface area contributed by atoms with Crippen LogP contribution in [0.25, 0.3) is 10.9 Å². The fraction of sp³-hybridized carbons (Fsp3) is 0.318. The first-order valence-corrected chi connectivity index (χ1v) is 10.1. The van der Waals surface area contributed by atoms with Crippen molar-refractivity contribution in [3.05, 3.63) is 63.7 Å². The molecular formula is C22H25ClN4O4. The molecule has 3 rings (SSSR count). The van der Waals surface area contributed by atoms with Crippen LogP contribution in [0.2, 0.25) is 5.02 Å². The Kier molecular flexibility index (Phi) is 7.14. The molecule has 8 nitrogen and oxygen atoms in total. The largest absolute Gasteiger partial charge is 0.495 e. The van der Waals surface area contributed by atoms with Crippen molar-refractivity contribution in [1.82, 2.24) is 14.5 Å². The van der Waals surface area contributed by atoms with Gasteiger partial charge in [-0.05, 0) is 37.3 Å². The number of methoxy groups -OCH3 is 2. The summed E-state index contributed by atoms with van der Waals surface area (Å²) < 4.78 is 12.0. The van der Waals surface area contributed by atoms with Crippen LogP contribution in [0.4, 0.5) is 10.5 Å². The standard InChI is InChI=1S/C22H25ClN4O4/c1-14(20-24-17-10-9-15(23)13-16(17)21(28)26(20)2)27(11-12-30-3)22(29)25-18-7-5-6-8-19(18)31-4/h5-10,13-14H,11-12H2,1-4H3,(H,25,29). The van der Waals surface area contributed by atoms with Crippen LogP contribution in [0.1, 0.15) is 18.8 Å². The Morgan fingerprint density at radius 1 is 1.26 bits per heavy atom. The van der Waals surface area contributed by atoms with Crippen molar-refractivity contribution in [3.63, 3.8) is 0 Å². The molecule has 0 radical (unpaired) electrons. The molecule has 1 unspecified atom stereocenters. The number of carbonyl (C=O) groups excluding carboxylic acids is 1. The van der Waals surface area contributed by atoms with Crippen LogP contribution >= 0.6 is 11.6 Å². The summed E-state index contributed by atoms with van der Waals surface area (Å²) in [6.07, 6.45) is 0. The number of benzene rings is 2. The molecule has 0 aliphatic rings. The third-order valence-corrected chi connectivity index (χ3v) is 5.29. The van der Waals surface area contributed by atoms with Gasteiger partial charge in [-0.2, -0.15) is 0 Å². The van der Waals surface area contributed by atoms with Gasteiger partial charge in [0, 0.05) is 25.7 Å². The van der Waals surface area contributed by atoms with Gasteiger partial charge >= 0.3 is 6.03 Å². The number of rotatable bonds is 7. The molecule has 0 aliphatic heterocycles. The molecule has 0 aliphatic carbocycles. The van der Waals surface area contributed by atoms with Gasteiger partial charge in [-0.3, -0.25) is 9.36 Å². The summed E-state index contributed by atoms with van der Waals surface area (Å²) in [7, 11) is 4.74. The van der Waals surface area contributed by atoms with Crippen molar-refractivity contribution in [3.8, 4) is 5.75 Å². The van der Waals surface area contributed by atoms with Crippen LogP contribution in [-0.4, -0.2) is 47.9 Å². The zero-order valence-electron chi connectivity index (χ0n) is 17.9. The number of amides is 2. The van der Waals surface area contributed by atoms with Crippen LogP contribution < -0.4 is 15.6 Å². The van der Waals surface area contributed by atoms with Gasteiger partial charge in [-0.25, -0.2) is 9.78 Å². The number of nitrogens with zero attached hydrogens (tertiary/aromatic N) is 3. The van der Waals surface area contributed by atoms with E-state index in [1.54, 1.807) is 55.5 Å². The Morgan fingerprint density at radius 3 is 2.71 bits per heavy atom. The highest BCUT2D eigenvalue weighted by molar-refractivity contribution is 6.31. The molecule has 0 fully saturated rings. The van der Waals surface area contributed by atoms with Gasteiger partial charge in [-0.15, -0.1) is 0 Å². The number of nitrogens with one attached hydrogen (secondary N) is 1. The van der Waals surface area contributed by atoms with Crippen molar-refractivity contribution in [2.75, 3.05) is 32.7 Å². The van der Waals surface area contributed by atoms with Crippen molar-refractivity contribution in [1.29, 1.82) is 0 Å². The molecule has 3 aromatic rings. The summed E-state index contributed by atoms with van der Waals surface area (Å²) in [4.78, 5) is 32.3. The Bertz CT molecular complexity index is 1150. The fourth-order valence-electron chi connectivity index (χ4n) is 3.37. The molecule has 164 valence electrons. The number of fused-ring (bicyclic) bond motifs is 1. The molecule has 0 spiro atoms. The summed E-state index contributed by atoms with van der Waals surface area (Å²) >= 11 is 6.04. The Morgan fingerprint density at radius 2 is 2.00 bits per heavy atom. The lowest BCUT2D eigenvalue weighted by molar-refractivity contribution is 0.136.